The number of pyridine rings is 1. The lowest BCUT2D eigenvalue weighted by Crippen LogP contribution is -2.38. The number of nitrogens with one attached hydrogen (secondary N) is 1. The van der Waals surface area contributed by atoms with Gasteiger partial charge in [-0.25, -0.2) is 15.0 Å². The molecule has 122 valence electrons. The van der Waals surface area contributed by atoms with Crippen LogP contribution in [0.2, 0.25) is 0 Å². The molecule has 0 saturated carbocycles. The number of H-pyrrole nitrogens is 1. The van der Waals surface area contributed by atoms with Crippen LogP contribution in [0.1, 0.15) is 10.4 Å². The van der Waals surface area contributed by atoms with Gasteiger partial charge >= 0.3 is 0 Å². The standard InChI is InChI=1S/C16H15N5O2S/c22-10-12-8-18-16-15(12)20-13(9-19-16)11-1-2-17-14(7-11)21-3-5-24(23)6-4-21/h1-2,7-10H,3-6H2,(H,18,19). The van der Waals surface area contributed by atoms with Gasteiger partial charge in [0.2, 0.25) is 0 Å². The van der Waals surface area contributed by atoms with Crippen LogP contribution in [0.4, 0.5) is 5.82 Å². The number of carbonyl (C=O) groups is 1. The predicted molar refractivity (Wildman–Crippen MR) is 92.6 cm³/mol. The fraction of sp³-hybridized carbons (Fsp3) is 0.250. The van der Waals surface area contributed by atoms with Crippen molar-refractivity contribution in [3.8, 4) is 11.3 Å². The van der Waals surface area contributed by atoms with Crippen molar-refractivity contribution in [2.24, 2.45) is 0 Å². The molecule has 0 radical (unpaired) electrons. The summed E-state index contributed by atoms with van der Waals surface area (Å²) in [6.07, 6.45) is 5.79. The second kappa shape index (κ2) is 6.12. The van der Waals surface area contributed by atoms with Crippen LogP contribution in [0.3, 0.4) is 0 Å². The monoisotopic (exact) mass is 341 g/mol. The summed E-state index contributed by atoms with van der Waals surface area (Å²) in [7, 11) is -0.719. The Balaban J connectivity index is 1.70. The molecule has 1 N–H and O–H groups in total. The van der Waals surface area contributed by atoms with Gasteiger partial charge in [0.25, 0.3) is 0 Å². The average molecular weight is 341 g/mol. The summed E-state index contributed by atoms with van der Waals surface area (Å²) in [5.74, 6) is 2.18. The SMILES string of the molecule is O=Cc1c[nH]c2ncc(-c3ccnc(N4CCS(=O)CC4)c3)nc12. The molecule has 24 heavy (non-hydrogen) atoms. The molecular formula is C16H15N5O2S. The molecule has 0 aromatic carbocycles. The number of carbonyl (C=O) groups excluding carboxylic acids is 1. The van der Waals surface area contributed by atoms with Crippen molar-refractivity contribution in [2.45, 2.75) is 0 Å². The molecule has 0 bridgehead atoms. The maximum absolute atomic E-state index is 11.5. The van der Waals surface area contributed by atoms with Crippen molar-refractivity contribution < 1.29 is 9.00 Å². The van der Waals surface area contributed by atoms with Crippen LogP contribution in [-0.4, -0.2) is 55.0 Å². The summed E-state index contributed by atoms with van der Waals surface area (Å²) in [5.41, 5.74) is 3.23. The third-order valence-electron chi connectivity index (χ3n) is 4.08. The van der Waals surface area contributed by atoms with Crippen LogP contribution in [-0.2, 0) is 10.8 Å². The highest BCUT2D eigenvalue weighted by Gasteiger charge is 2.17. The van der Waals surface area contributed by atoms with E-state index in [1.165, 1.54) is 0 Å². The Labute approximate surface area is 140 Å². The minimum atomic E-state index is -0.719. The first kappa shape index (κ1) is 14.9. The van der Waals surface area contributed by atoms with Gasteiger partial charge in [0.15, 0.2) is 11.9 Å². The Morgan fingerprint density at radius 1 is 1.25 bits per heavy atom. The molecule has 3 aromatic heterocycles. The molecule has 1 fully saturated rings. The fourth-order valence-corrected chi connectivity index (χ4v) is 3.81. The van der Waals surface area contributed by atoms with Crippen LogP contribution >= 0.6 is 0 Å². The number of fused-ring (bicyclic) bond motifs is 1. The van der Waals surface area contributed by atoms with Crippen LogP contribution in [0, 0.1) is 0 Å². The van der Waals surface area contributed by atoms with E-state index in [1.54, 1.807) is 18.6 Å². The van der Waals surface area contributed by atoms with Gasteiger partial charge < -0.3 is 9.88 Å². The lowest BCUT2D eigenvalue weighted by molar-refractivity contribution is 0.112. The first-order chi connectivity index (χ1) is 11.7. The fourth-order valence-electron chi connectivity index (χ4n) is 2.76. The van der Waals surface area contributed by atoms with E-state index < -0.39 is 10.8 Å². The maximum Gasteiger partial charge on any atom is 0.156 e. The Bertz CT molecular complexity index is 929. The first-order valence-electron chi connectivity index (χ1n) is 7.60. The topological polar surface area (TPSA) is 91.8 Å². The number of aromatic nitrogens is 4. The Morgan fingerprint density at radius 3 is 2.88 bits per heavy atom. The van der Waals surface area contributed by atoms with Gasteiger partial charge in [0.05, 0.1) is 17.5 Å². The minimum absolute atomic E-state index is 0.493. The molecule has 0 aliphatic carbocycles. The first-order valence-corrected chi connectivity index (χ1v) is 9.09. The van der Waals surface area contributed by atoms with Crippen LogP contribution in [0.25, 0.3) is 22.4 Å². The number of nitrogens with zero attached hydrogens (tertiary/aromatic N) is 4. The molecule has 3 aromatic rings. The second-order valence-electron chi connectivity index (χ2n) is 5.55. The Kier molecular flexibility index (Phi) is 3.81. The summed E-state index contributed by atoms with van der Waals surface area (Å²) in [6, 6.07) is 3.83. The normalized spacial score (nSPS) is 15.8. The van der Waals surface area contributed by atoms with Crippen molar-refractivity contribution >= 4 is 34.1 Å². The number of anilines is 1. The van der Waals surface area contributed by atoms with Gasteiger partial charge in [-0.05, 0) is 12.1 Å². The molecule has 0 atom stereocenters. The number of rotatable bonds is 3. The van der Waals surface area contributed by atoms with Crippen LogP contribution in [0.15, 0.2) is 30.7 Å². The number of aromatic amines is 1. The summed E-state index contributed by atoms with van der Waals surface area (Å²) < 4.78 is 11.5. The lowest BCUT2D eigenvalue weighted by atomic mass is 10.2. The van der Waals surface area contributed by atoms with E-state index in [0.717, 1.165) is 30.8 Å². The van der Waals surface area contributed by atoms with E-state index in [0.29, 0.717) is 33.9 Å². The number of hydrogen-bond acceptors (Lipinski definition) is 6. The lowest BCUT2D eigenvalue weighted by Gasteiger charge is -2.27. The van der Waals surface area contributed by atoms with Gasteiger partial charge in [-0.2, -0.15) is 0 Å². The molecule has 0 spiro atoms. The third-order valence-corrected chi connectivity index (χ3v) is 5.36. The van der Waals surface area contributed by atoms with Crippen LogP contribution in [0.5, 0.6) is 0 Å². The van der Waals surface area contributed by atoms with Gasteiger partial charge in [-0.15, -0.1) is 0 Å². The quantitative estimate of drug-likeness (QED) is 0.724. The largest absolute Gasteiger partial charge is 0.355 e. The molecule has 1 aliphatic rings. The number of hydrogen-bond donors (Lipinski definition) is 1. The minimum Gasteiger partial charge on any atom is -0.355 e. The van der Waals surface area contributed by atoms with E-state index in [9.17, 15) is 9.00 Å². The molecule has 7 nitrogen and oxygen atoms in total. The molecule has 8 heteroatoms. The highest BCUT2D eigenvalue weighted by molar-refractivity contribution is 7.85. The summed E-state index contributed by atoms with van der Waals surface area (Å²) in [5, 5.41) is 0. The zero-order valence-corrected chi connectivity index (χ0v) is 13.6. The average Bonchev–Trinajstić information content (AvgIpc) is 3.05. The molecular weight excluding hydrogens is 326 g/mol. The van der Waals surface area contributed by atoms with Crippen molar-refractivity contribution in [2.75, 3.05) is 29.5 Å². The van der Waals surface area contributed by atoms with Gasteiger partial charge in [-0.3, -0.25) is 9.00 Å². The highest BCUT2D eigenvalue weighted by Crippen LogP contribution is 2.24. The molecule has 0 amide bonds. The van der Waals surface area contributed by atoms with Gasteiger partial charge in [-0.1, -0.05) is 0 Å². The van der Waals surface area contributed by atoms with E-state index in [1.807, 2.05) is 12.1 Å². The zero-order chi connectivity index (χ0) is 16.5. The van der Waals surface area contributed by atoms with Crippen molar-refractivity contribution in [3.05, 3.63) is 36.3 Å². The summed E-state index contributed by atoms with van der Waals surface area (Å²) >= 11 is 0. The predicted octanol–water partition coefficient (Wildman–Crippen LogP) is 1.40. The van der Waals surface area contributed by atoms with E-state index in [4.69, 9.17) is 0 Å². The van der Waals surface area contributed by atoms with Crippen molar-refractivity contribution in [1.82, 2.24) is 19.9 Å². The molecule has 0 unspecified atom stereocenters. The van der Waals surface area contributed by atoms with E-state index in [-0.39, 0.29) is 0 Å². The van der Waals surface area contributed by atoms with Crippen molar-refractivity contribution in [3.63, 3.8) is 0 Å². The van der Waals surface area contributed by atoms with Gasteiger partial charge in [0.1, 0.15) is 11.3 Å². The molecule has 1 saturated heterocycles. The molecule has 1 aliphatic heterocycles. The molecule has 4 heterocycles. The zero-order valence-electron chi connectivity index (χ0n) is 12.8. The van der Waals surface area contributed by atoms with Crippen molar-refractivity contribution in [1.29, 1.82) is 0 Å². The number of aldehydes is 1. The molecule has 4 rings (SSSR count). The maximum atomic E-state index is 11.5. The van der Waals surface area contributed by atoms with E-state index >= 15 is 0 Å². The summed E-state index contributed by atoms with van der Waals surface area (Å²) in [6.45, 7) is 1.47. The smallest absolute Gasteiger partial charge is 0.156 e. The highest BCUT2D eigenvalue weighted by atomic mass is 32.2. The Morgan fingerprint density at radius 2 is 2.08 bits per heavy atom. The third kappa shape index (κ3) is 2.69. The van der Waals surface area contributed by atoms with Crippen LogP contribution < -0.4 is 4.90 Å². The Hall–Kier alpha value is -2.61. The second-order valence-corrected chi connectivity index (χ2v) is 7.25. The van der Waals surface area contributed by atoms with E-state index in [2.05, 4.69) is 24.8 Å². The van der Waals surface area contributed by atoms with Gasteiger partial charge in [0, 0.05) is 53.4 Å². The summed E-state index contributed by atoms with van der Waals surface area (Å²) in [4.78, 5) is 29.4.